The molecule has 1 aromatic rings. The maximum atomic E-state index is 11.5. The van der Waals surface area contributed by atoms with Crippen LogP contribution < -0.4 is 5.73 Å². The van der Waals surface area contributed by atoms with Crippen molar-refractivity contribution in [3.05, 3.63) is 23.9 Å². The van der Waals surface area contributed by atoms with Gasteiger partial charge in [-0.1, -0.05) is 0 Å². The van der Waals surface area contributed by atoms with E-state index >= 15 is 0 Å². The fourth-order valence-corrected chi connectivity index (χ4v) is 1.99. The van der Waals surface area contributed by atoms with Gasteiger partial charge in [0.1, 0.15) is 0 Å². The van der Waals surface area contributed by atoms with Crippen molar-refractivity contribution in [1.82, 2.24) is 4.98 Å². The van der Waals surface area contributed by atoms with E-state index in [2.05, 4.69) is 4.98 Å². The van der Waals surface area contributed by atoms with Crippen LogP contribution in [-0.2, 0) is 16.3 Å². The Kier molecular flexibility index (Phi) is 4.76. The van der Waals surface area contributed by atoms with Crippen LogP contribution in [-0.4, -0.2) is 41.6 Å². The van der Waals surface area contributed by atoms with E-state index < -0.39 is 26.2 Å². The largest absolute Gasteiger partial charge is 0.394 e. The van der Waals surface area contributed by atoms with Crippen molar-refractivity contribution < 1.29 is 23.4 Å². The summed E-state index contributed by atoms with van der Waals surface area (Å²) in [6.45, 7) is -0.364. The zero-order chi connectivity index (χ0) is 13.8. The SMILES string of the molecule is NC(=O)S(=O)(=O)c1cc(CC[C@@H](O)CO)ccn1. The van der Waals surface area contributed by atoms with Crippen molar-refractivity contribution in [2.24, 2.45) is 5.73 Å². The second kappa shape index (κ2) is 5.89. The minimum atomic E-state index is -4.23. The van der Waals surface area contributed by atoms with Gasteiger partial charge in [-0.05, 0) is 30.5 Å². The average Bonchev–Trinajstić information content (AvgIpc) is 2.36. The molecule has 0 unspecified atom stereocenters. The van der Waals surface area contributed by atoms with E-state index in [1.165, 1.54) is 12.3 Å². The van der Waals surface area contributed by atoms with Gasteiger partial charge in [0.15, 0.2) is 5.03 Å². The molecule has 0 saturated heterocycles. The highest BCUT2D eigenvalue weighted by Gasteiger charge is 2.23. The van der Waals surface area contributed by atoms with Crippen LogP contribution in [0.4, 0.5) is 4.79 Å². The summed E-state index contributed by atoms with van der Waals surface area (Å²) < 4.78 is 22.9. The monoisotopic (exact) mass is 274 g/mol. The Morgan fingerprint density at radius 3 is 2.72 bits per heavy atom. The van der Waals surface area contributed by atoms with Crippen LogP contribution in [0.3, 0.4) is 0 Å². The van der Waals surface area contributed by atoms with Gasteiger partial charge in [0.25, 0.3) is 9.84 Å². The molecule has 0 aliphatic heterocycles. The van der Waals surface area contributed by atoms with Crippen LogP contribution >= 0.6 is 0 Å². The number of rotatable bonds is 5. The van der Waals surface area contributed by atoms with Crippen molar-refractivity contribution in [2.45, 2.75) is 24.0 Å². The molecule has 18 heavy (non-hydrogen) atoms. The molecule has 0 spiro atoms. The zero-order valence-corrected chi connectivity index (χ0v) is 10.3. The number of carbonyl (C=O) groups excluding carboxylic acids is 1. The number of sulfone groups is 1. The van der Waals surface area contributed by atoms with E-state index in [9.17, 15) is 18.3 Å². The lowest BCUT2D eigenvalue weighted by Gasteiger charge is -2.07. The van der Waals surface area contributed by atoms with Crippen LogP contribution in [0.5, 0.6) is 0 Å². The zero-order valence-electron chi connectivity index (χ0n) is 9.48. The van der Waals surface area contributed by atoms with Crippen LogP contribution in [0.2, 0.25) is 0 Å². The lowest BCUT2D eigenvalue weighted by atomic mass is 10.1. The predicted molar refractivity (Wildman–Crippen MR) is 62.4 cm³/mol. The fourth-order valence-electron chi connectivity index (χ4n) is 1.28. The maximum Gasteiger partial charge on any atom is 0.340 e. The number of primary amides is 1. The van der Waals surface area contributed by atoms with Crippen LogP contribution in [0.15, 0.2) is 23.4 Å². The van der Waals surface area contributed by atoms with Gasteiger partial charge in [0.2, 0.25) is 0 Å². The molecule has 0 fully saturated rings. The molecule has 0 aliphatic carbocycles. The number of aliphatic hydroxyl groups is 2. The van der Waals surface area contributed by atoms with Crippen LogP contribution in [0.1, 0.15) is 12.0 Å². The smallest absolute Gasteiger partial charge is 0.340 e. The van der Waals surface area contributed by atoms with E-state index in [0.717, 1.165) is 0 Å². The van der Waals surface area contributed by atoms with Gasteiger partial charge >= 0.3 is 5.24 Å². The summed E-state index contributed by atoms with van der Waals surface area (Å²) in [6.07, 6.45) is 1.01. The van der Waals surface area contributed by atoms with E-state index in [-0.39, 0.29) is 13.0 Å². The summed E-state index contributed by atoms with van der Waals surface area (Å²) in [7, 11) is -4.23. The van der Waals surface area contributed by atoms with Gasteiger partial charge < -0.3 is 15.9 Å². The van der Waals surface area contributed by atoms with Gasteiger partial charge in [0.05, 0.1) is 12.7 Å². The van der Waals surface area contributed by atoms with Crippen LogP contribution in [0, 0.1) is 0 Å². The fraction of sp³-hybridized carbons (Fsp3) is 0.400. The number of nitrogens with zero attached hydrogens (tertiary/aromatic N) is 1. The minimum absolute atomic E-state index is 0.274. The predicted octanol–water partition coefficient (Wildman–Crippen LogP) is -0.780. The first-order valence-electron chi connectivity index (χ1n) is 5.16. The Morgan fingerprint density at radius 2 is 2.17 bits per heavy atom. The van der Waals surface area contributed by atoms with E-state index in [1.54, 1.807) is 6.07 Å². The second-order valence-electron chi connectivity index (χ2n) is 3.70. The maximum absolute atomic E-state index is 11.5. The molecule has 4 N–H and O–H groups in total. The van der Waals surface area contributed by atoms with Gasteiger partial charge in [-0.25, -0.2) is 13.4 Å². The van der Waals surface area contributed by atoms with Gasteiger partial charge in [-0.3, -0.25) is 4.79 Å². The highest BCUT2D eigenvalue weighted by Crippen LogP contribution is 2.12. The molecule has 1 amide bonds. The first-order chi connectivity index (χ1) is 8.37. The molecule has 1 aromatic heterocycles. The lowest BCUT2D eigenvalue weighted by Crippen LogP contribution is -2.22. The number of nitrogens with two attached hydrogens (primary N) is 1. The molecule has 0 saturated carbocycles. The number of carbonyl (C=O) groups is 1. The normalized spacial score (nSPS) is 13.2. The number of aliphatic hydroxyl groups excluding tert-OH is 2. The molecule has 7 nitrogen and oxygen atoms in total. The number of hydrogen-bond donors (Lipinski definition) is 3. The second-order valence-corrected chi connectivity index (χ2v) is 5.53. The molecule has 1 rings (SSSR count). The van der Waals surface area contributed by atoms with E-state index in [4.69, 9.17) is 10.8 Å². The third-order valence-corrected chi connectivity index (χ3v) is 3.62. The number of aromatic nitrogens is 1. The standard InChI is InChI=1S/C10H14N2O5S/c11-10(15)18(16,17)9-5-7(3-4-12-9)1-2-8(14)6-13/h3-5,8,13-14H,1-2,6H2,(H2,11,15)/t8-/m1/s1. The summed E-state index contributed by atoms with van der Waals surface area (Å²) in [5.41, 5.74) is 5.34. The van der Waals surface area contributed by atoms with E-state index in [1.807, 2.05) is 0 Å². The Labute approximate surface area is 104 Å². The lowest BCUT2D eigenvalue weighted by molar-refractivity contribution is 0.0885. The third-order valence-electron chi connectivity index (χ3n) is 2.32. The summed E-state index contributed by atoms with van der Waals surface area (Å²) in [4.78, 5) is 14.3. The quantitative estimate of drug-likeness (QED) is 0.645. The van der Waals surface area contributed by atoms with Crippen molar-refractivity contribution >= 4 is 15.1 Å². The number of amides is 1. The number of pyridine rings is 1. The molecule has 0 bridgehead atoms. The summed E-state index contributed by atoms with van der Waals surface area (Å²) in [6, 6.07) is 2.79. The molecule has 100 valence electrons. The Morgan fingerprint density at radius 1 is 1.50 bits per heavy atom. The molecule has 0 aromatic carbocycles. The number of aryl methyl sites for hydroxylation is 1. The van der Waals surface area contributed by atoms with Crippen molar-refractivity contribution in [2.75, 3.05) is 6.61 Å². The summed E-state index contributed by atoms with van der Waals surface area (Å²) in [5.74, 6) is 0. The highest BCUT2D eigenvalue weighted by molar-refractivity contribution is 8.05. The topological polar surface area (TPSA) is 131 Å². The summed E-state index contributed by atoms with van der Waals surface area (Å²) in [5, 5.41) is 16.0. The van der Waals surface area contributed by atoms with Crippen molar-refractivity contribution in [3.63, 3.8) is 0 Å². The van der Waals surface area contributed by atoms with E-state index in [0.29, 0.717) is 12.0 Å². The van der Waals surface area contributed by atoms with Gasteiger partial charge in [-0.2, -0.15) is 0 Å². The molecule has 1 heterocycles. The molecule has 8 heteroatoms. The molecule has 0 aliphatic rings. The van der Waals surface area contributed by atoms with Gasteiger partial charge in [-0.15, -0.1) is 0 Å². The number of hydrogen-bond acceptors (Lipinski definition) is 6. The minimum Gasteiger partial charge on any atom is -0.394 e. The Balaban J connectivity index is 2.90. The Hall–Kier alpha value is -1.51. The highest BCUT2D eigenvalue weighted by atomic mass is 32.2. The average molecular weight is 274 g/mol. The third kappa shape index (κ3) is 3.49. The van der Waals surface area contributed by atoms with Crippen molar-refractivity contribution in [1.29, 1.82) is 0 Å². The summed E-state index contributed by atoms with van der Waals surface area (Å²) >= 11 is 0. The molecular formula is C10H14N2O5S. The van der Waals surface area contributed by atoms with Gasteiger partial charge in [0, 0.05) is 6.20 Å². The molecular weight excluding hydrogens is 260 g/mol. The first-order valence-corrected chi connectivity index (χ1v) is 6.64. The first kappa shape index (κ1) is 14.6. The Bertz CT molecular complexity index is 529. The molecule has 0 radical (unpaired) electrons. The van der Waals surface area contributed by atoms with Crippen LogP contribution in [0.25, 0.3) is 0 Å². The molecule has 1 atom stereocenters. The van der Waals surface area contributed by atoms with Crippen molar-refractivity contribution in [3.8, 4) is 0 Å².